The monoisotopic (exact) mass is 236 g/mol. The van der Waals surface area contributed by atoms with E-state index in [0.29, 0.717) is 5.75 Å². The number of ether oxygens (including phenoxy) is 2. The molecular weight excluding hydrogens is 220 g/mol. The van der Waals surface area contributed by atoms with Crippen molar-refractivity contribution < 1.29 is 14.3 Å². The van der Waals surface area contributed by atoms with E-state index < -0.39 is 6.04 Å². The maximum absolute atomic E-state index is 11.5. The van der Waals surface area contributed by atoms with Gasteiger partial charge in [-0.3, -0.25) is 9.78 Å². The Labute approximate surface area is 99.9 Å². The summed E-state index contributed by atoms with van der Waals surface area (Å²) >= 11 is 0. The van der Waals surface area contributed by atoms with Crippen LogP contribution >= 0.6 is 0 Å². The van der Waals surface area contributed by atoms with Crippen molar-refractivity contribution in [3.05, 3.63) is 24.0 Å². The third kappa shape index (κ3) is 1.98. The van der Waals surface area contributed by atoms with Gasteiger partial charge in [-0.15, -0.1) is 0 Å². The zero-order chi connectivity index (χ0) is 12.5. The van der Waals surface area contributed by atoms with E-state index in [4.69, 9.17) is 10.5 Å². The number of nitrogens with zero attached hydrogens (tertiary/aromatic N) is 1. The van der Waals surface area contributed by atoms with Crippen LogP contribution in [0, 0.1) is 0 Å². The summed E-state index contributed by atoms with van der Waals surface area (Å²) in [6.07, 6.45) is 3.37. The number of methoxy groups -OCH3 is 2. The van der Waals surface area contributed by atoms with Crippen molar-refractivity contribution in [2.45, 2.75) is 24.3 Å². The fourth-order valence-corrected chi connectivity index (χ4v) is 2.01. The number of hydrogen-bond acceptors (Lipinski definition) is 5. The number of carbonyl (C=O) groups is 1. The first-order chi connectivity index (χ1) is 8.14. The highest BCUT2D eigenvalue weighted by Gasteiger charge is 2.53. The number of esters is 1. The molecule has 17 heavy (non-hydrogen) atoms. The van der Waals surface area contributed by atoms with Crippen molar-refractivity contribution in [2.75, 3.05) is 14.2 Å². The summed E-state index contributed by atoms with van der Waals surface area (Å²) in [7, 11) is 2.93. The highest BCUT2D eigenvalue weighted by atomic mass is 16.5. The van der Waals surface area contributed by atoms with E-state index in [0.717, 1.165) is 18.5 Å². The van der Waals surface area contributed by atoms with Crippen LogP contribution in [0.4, 0.5) is 0 Å². The second kappa shape index (κ2) is 4.33. The molecule has 0 amide bonds. The summed E-state index contributed by atoms with van der Waals surface area (Å²) in [6, 6.07) is 3.04. The Morgan fingerprint density at radius 2 is 2.18 bits per heavy atom. The maximum atomic E-state index is 11.5. The van der Waals surface area contributed by atoms with Crippen molar-refractivity contribution in [1.29, 1.82) is 0 Å². The molecule has 0 aliphatic heterocycles. The second-order valence-corrected chi connectivity index (χ2v) is 4.24. The molecule has 1 unspecified atom stereocenters. The van der Waals surface area contributed by atoms with Crippen LogP contribution in [0.15, 0.2) is 18.3 Å². The van der Waals surface area contributed by atoms with Crippen LogP contribution in [0.3, 0.4) is 0 Å². The Morgan fingerprint density at radius 1 is 1.47 bits per heavy atom. The molecule has 1 aliphatic carbocycles. The molecule has 0 saturated heterocycles. The Bertz CT molecular complexity index is 412. The molecule has 2 rings (SSSR count). The van der Waals surface area contributed by atoms with Gasteiger partial charge in [0.2, 0.25) is 0 Å². The van der Waals surface area contributed by atoms with Gasteiger partial charge in [0.1, 0.15) is 11.8 Å². The number of carbonyl (C=O) groups excluding carboxylic acids is 1. The van der Waals surface area contributed by atoms with Crippen molar-refractivity contribution in [3.8, 4) is 5.75 Å². The van der Waals surface area contributed by atoms with Gasteiger partial charge in [-0.05, 0) is 25.0 Å². The number of hydrogen-bond donors (Lipinski definition) is 1. The van der Waals surface area contributed by atoms with Crippen LogP contribution in [-0.2, 0) is 14.9 Å². The first-order valence-corrected chi connectivity index (χ1v) is 5.48. The van der Waals surface area contributed by atoms with Gasteiger partial charge in [-0.1, -0.05) is 0 Å². The van der Waals surface area contributed by atoms with Crippen molar-refractivity contribution >= 4 is 5.97 Å². The molecule has 1 fully saturated rings. The summed E-state index contributed by atoms with van der Waals surface area (Å²) < 4.78 is 9.73. The fraction of sp³-hybridized carbons (Fsp3) is 0.500. The smallest absolute Gasteiger partial charge is 0.323 e. The van der Waals surface area contributed by atoms with Gasteiger partial charge in [0.15, 0.2) is 0 Å². The van der Waals surface area contributed by atoms with Gasteiger partial charge in [0.05, 0.1) is 20.4 Å². The van der Waals surface area contributed by atoms with Gasteiger partial charge in [0.25, 0.3) is 0 Å². The van der Waals surface area contributed by atoms with Crippen molar-refractivity contribution in [2.24, 2.45) is 5.73 Å². The summed E-state index contributed by atoms with van der Waals surface area (Å²) in [5, 5.41) is 0. The zero-order valence-electron chi connectivity index (χ0n) is 9.97. The predicted molar refractivity (Wildman–Crippen MR) is 61.7 cm³/mol. The summed E-state index contributed by atoms with van der Waals surface area (Å²) in [5.74, 6) is 0.302. The minimum atomic E-state index is -0.645. The lowest BCUT2D eigenvalue weighted by atomic mass is 9.92. The molecule has 1 aromatic rings. The van der Waals surface area contributed by atoms with Crippen LogP contribution < -0.4 is 10.5 Å². The zero-order valence-corrected chi connectivity index (χ0v) is 9.97. The van der Waals surface area contributed by atoms with E-state index >= 15 is 0 Å². The van der Waals surface area contributed by atoms with Gasteiger partial charge >= 0.3 is 5.97 Å². The molecule has 5 heteroatoms. The van der Waals surface area contributed by atoms with E-state index in [9.17, 15) is 4.79 Å². The Balaban J connectivity index is 2.23. The molecule has 0 bridgehead atoms. The van der Waals surface area contributed by atoms with E-state index in [2.05, 4.69) is 9.72 Å². The third-order valence-electron chi connectivity index (χ3n) is 3.32. The van der Waals surface area contributed by atoms with Crippen LogP contribution in [0.1, 0.15) is 18.5 Å². The molecule has 1 aliphatic rings. The van der Waals surface area contributed by atoms with E-state index in [1.807, 2.05) is 12.1 Å². The van der Waals surface area contributed by atoms with Crippen molar-refractivity contribution in [3.63, 3.8) is 0 Å². The lowest BCUT2D eigenvalue weighted by Gasteiger charge is -2.20. The molecular formula is C12H16N2O3. The van der Waals surface area contributed by atoms with Gasteiger partial charge < -0.3 is 15.2 Å². The first-order valence-electron chi connectivity index (χ1n) is 5.48. The summed E-state index contributed by atoms with van der Waals surface area (Å²) in [4.78, 5) is 15.8. The Kier molecular flexibility index (Phi) is 3.02. The molecule has 0 radical (unpaired) electrons. The maximum Gasteiger partial charge on any atom is 0.323 e. The fourth-order valence-electron chi connectivity index (χ4n) is 2.01. The van der Waals surface area contributed by atoms with Crippen LogP contribution in [0.25, 0.3) is 0 Å². The van der Waals surface area contributed by atoms with E-state index in [-0.39, 0.29) is 11.4 Å². The third-order valence-corrected chi connectivity index (χ3v) is 3.32. The van der Waals surface area contributed by atoms with E-state index in [1.165, 1.54) is 7.11 Å². The molecule has 1 atom stereocenters. The van der Waals surface area contributed by atoms with E-state index in [1.54, 1.807) is 13.3 Å². The quantitative estimate of drug-likeness (QED) is 0.776. The van der Waals surface area contributed by atoms with Crippen molar-refractivity contribution in [1.82, 2.24) is 4.98 Å². The molecule has 1 heterocycles. The Morgan fingerprint density at radius 3 is 2.59 bits per heavy atom. The minimum absolute atomic E-state index is 0.348. The first kappa shape index (κ1) is 11.9. The van der Waals surface area contributed by atoms with Gasteiger partial charge in [-0.2, -0.15) is 0 Å². The van der Waals surface area contributed by atoms with Crippen LogP contribution in [-0.4, -0.2) is 31.2 Å². The average molecular weight is 236 g/mol. The molecule has 1 saturated carbocycles. The highest BCUT2D eigenvalue weighted by Crippen LogP contribution is 2.49. The molecule has 0 spiro atoms. The average Bonchev–Trinajstić information content (AvgIpc) is 3.18. The Hall–Kier alpha value is -1.62. The molecule has 0 aromatic carbocycles. The lowest BCUT2D eigenvalue weighted by Crippen LogP contribution is -2.43. The van der Waals surface area contributed by atoms with Crippen LogP contribution in [0.5, 0.6) is 5.75 Å². The number of pyridine rings is 1. The topological polar surface area (TPSA) is 74.4 Å². The minimum Gasteiger partial charge on any atom is -0.495 e. The highest BCUT2D eigenvalue weighted by molar-refractivity contribution is 5.78. The van der Waals surface area contributed by atoms with Crippen LogP contribution in [0.2, 0.25) is 0 Å². The second-order valence-electron chi connectivity index (χ2n) is 4.24. The lowest BCUT2D eigenvalue weighted by molar-refractivity contribution is -0.143. The predicted octanol–water partition coefficient (Wildman–Crippen LogP) is 0.622. The molecule has 2 N–H and O–H groups in total. The molecule has 92 valence electrons. The van der Waals surface area contributed by atoms with Gasteiger partial charge in [0, 0.05) is 11.1 Å². The number of rotatable bonds is 4. The number of nitrogens with two attached hydrogens (primary N) is 1. The normalized spacial score (nSPS) is 18.3. The SMILES string of the molecule is COC(=O)C(N)C1(c2ccc(OC)cn2)CC1. The summed E-state index contributed by atoms with van der Waals surface area (Å²) in [5.41, 5.74) is 6.41. The summed E-state index contributed by atoms with van der Waals surface area (Å²) in [6.45, 7) is 0. The standard InChI is InChI=1S/C12H16N2O3/c1-16-8-3-4-9(14-7-8)12(5-6-12)10(13)11(15)17-2/h3-4,7,10H,5-6,13H2,1-2H3. The molecule has 5 nitrogen and oxygen atoms in total. The number of aromatic nitrogens is 1. The molecule has 1 aromatic heterocycles. The van der Waals surface area contributed by atoms with Gasteiger partial charge in [-0.25, -0.2) is 0 Å². The largest absolute Gasteiger partial charge is 0.495 e.